The number of likely N-dealkylation sites (N-methyl/N-ethyl adjacent to an activating group) is 1. The minimum absolute atomic E-state index is 0.333. The van der Waals surface area contributed by atoms with Gasteiger partial charge >= 0.3 is 0 Å². The van der Waals surface area contributed by atoms with Crippen LogP contribution in [0.1, 0.15) is 136 Å². The van der Waals surface area contributed by atoms with Crippen molar-refractivity contribution >= 4 is 5.91 Å². The summed E-state index contributed by atoms with van der Waals surface area (Å²) in [6.07, 6.45) is 14.0. The van der Waals surface area contributed by atoms with Gasteiger partial charge in [-0.15, -0.1) is 10.1 Å². The molecule has 0 radical (unpaired) electrons. The highest BCUT2D eigenvalue weighted by atomic mass is 17.0. The lowest BCUT2D eigenvalue weighted by Crippen LogP contribution is -2.62. The molecule has 12 heteroatoms. The number of hydrogen-bond acceptors (Lipinski definition) is 10. The van der Waals surface area contributed by atoms with Crippen LogP contribution in [0.5, 0.6) is 23.0 Å². The van der Waals surface area contributed by atoms with Crippen LogP contribution in [-0.4, -0.2) is 74.6 Å². The molecule has 0 spiro atoms. The number of methoxy groups -OCH3 is 3. The summed E-state index contributed by atoms with van der Waals surface area (Å²) < 4.78 is 23.5. The second kappa shape index (κ2) is 23.7. The van der Waals surface area contributed by atoms with E-state index in [9.17, 15) is 20.2 Å². The van der Waals surface area contributed by atoms with Crippen LogP contribution in [0.25, 0.3) is 0 Å². The predicted molar refractivity (Wildman–Crippen MR) is 221 cm³/mol. The fourth-order valence-electron chi connectivity index (χ4n) is 7.82. The first-order valence-electron chi connectivity index (χ1n) is 20.4. The number of rotatable bonds is 29. The third kappa shape index (κ3) is 15.0. The van der Waals surface area contributed by atoms with E-state index in [1.165, 1.54) is 58.3 Å². The van der Waals surface area contributed by atoms with Crippen LogP contribution in [0.15, 0.2) is 36.4 Å². The lowest BCUT2D eigenvalue weighted by atomic mass is 9.73. The molecule has 0 saturated carbocycles. The molecule has 1 amide bonds. The number of benzene rings is 2. The van der Waals surface area contributed by atoms with Crippen LogP contribution in [0.2, 0.25) is 0 Å². The van der Waals surface area contributed by atoms with Gasteiger partial charge in [-0.2, -0.15) is 5.26 Å². The molecule has 0 aromatic heterocycles. The topological polar surface area (TPSA) is 145 Å². The first-order chi connectivity index (χ1) is 26.6. The average Bonchev–Trinajstić information content (AvgIpc) is 3.15. The van der Waals surface area contributed by atoms with Crippen molar-refractivity contribution in [2.45, 2.75) is 154 Å². The van der Waals surface area contributed by atoms with Crippen LogP contribution in [0, 0.1) is 21.4 Å². The largest absolute Gasteiger partial charge is 0.493 e. The molecule has 2 aromatic carbocycles. The van der Waals surface area contributed by atoms with Gasteiger partial charge in [-0.1, -0.05) is 89.3 Å². The van der Waals surface area contributed by atoms with Crippen LogP contribution < -0.4 is 24.3 Å². The Morgan fingerprint density at radius 1 is 0.857 bits per heavy atom. The number of nitrogens with zero attached hydrogens (tertiary/aromatic N) is 3. The molecule has 2 atom stereocenters. The van der Waals surface area contributed by atoms with Gasteiger partial charge in [0.15, 0.2) is 17.6 Å². The van der Waals surface area contributed by atoms with E-state index >= 15 is 0 Å². The quantitative estimate of drug-likeness (QED) is 0.0481. The molecular weight excluding hydrogens is 713 g/mol. The first-order valence-corrected chi connectivity index (χ1v) is 20.4. The minimum Gasteiger partial charge on any atom is -0.493 e. The molecule has 0 aliphatic carbocycles. The number of amides is 1. The molecular formula is C44H70N4O8. The highest BCUT2D eigenvalue weighted by molar-refractivity contribution is 5.73. The minimum atomic E-state index is -1.19. The van der Waals surface area contributed by atoms with Crippen LogP contribution in [-0.2, 0) is 21.5 Å². The van der Waals surface area contributed by atoms with E-state index < -0.39 is 27.7 Å². The molecule has 0 aliphatic heterocycles. The number of unbranched alkanes of at least 4 members (excludes halogenated alkanes) is 9. The Labute approximate surface area is 336 Å². The van der Waals surface area contributed by atoms with Gasteiger partial charge in [0, 0.05) is 13.5 Å². The highest BCUT2D eigenvalue weighted by Crippen LogP contribution is 2.44. The van der Waals surface area contributed by atoms with Gasteiger partial charge in [-0.25, -0.2) is 0 Å². The fraction of sp³-hybridized carbons (Fsp3) is 0.682. The number of ether oxygens (including phenoxy) is 4. The summed E-state index contributed by atoms with van der Waals surface area (Å²) in [6.45, 7) is 11.9. The molecule has 0 saturated heterocycles. The van der Waals surface area contributed by atoms with Gasteiger partial charge in [-0.05, 0) is 96.3 Å². The summed E-state index contributed by atoms with van der Waals surface area (Å²) in [5, 5.41) is 24.3. The Balaban J connectivity index is 2.18. The smallest absolute Gasteiger partial charge is 0.295 e. The van der Waals surface area contributed by atoms with E-state index in [1.54, 1.807) is 49.0 Å². The molecule has 0 fully saturated rings. The Hall–Kier alpha value is -4.24. The summed E-state index contributed by atoms with van der Waals surface area (Å²) in [6, 6.07) is 14.2. The van der Waals surface area contributed by atoms with Crippen molar-refractivity contribution in [3.8, 4) is 29.1 Å². The summed E-state index contributed by atoms with van der Waals surface area (Å²) in [7, 11) is 6.85. The van der Waals surface area contributed by atoms with Crippen LogP contribution >= 0.6 is 0 Å². The van der Waals surface area contributed by atoms with Crippen LogP contribution in [0.3, 0.4) is 0 Å². The third-order valence-corrected chi connectivity index (χ3v) is 10.6. The van der Waals surface area contributed by atoms with Crippen molar-refractivity contribution in [1.82, 2.24) is 10.2 Å². The monoisotopic (exact) mass is 783 g/mol. The standard InChI is InChI=1S/C44H70N4O8/c1-11-12-13-14-15-16-17-18-19-22-27-44(33-45,36-31-38(52-8)40(54-10)39(32-36)53-9)28-23-29-47(7)30-26-35-24-20-21-25-37(35)55-43(5,6)41(56-48(50)51)42(3,4)46-34(2)49/h20-21,24-25,31-32,41H,11-19,22-23,26-30H2,1-10H3,(H,46,49). The average molecular weight is 783 g/mol. The number of nitriles is 1. The number of nitrogens with one attached hydrogen (secondary N) is 1. The summed E-state index contributed by atoms with van der Waals surface area (Å²) >= 11 is 0. The number of hydrogen-bond donors (Lipinski definition) is 1. The lowest BCUT2D eigenvalue weighted by Gasteiger charge is -2.42. The molecule has 2 unspecified atom stereocenters. The Morgan fingerprint density at radius 2 is 1.41 bits per heavy atom. The van der Waals surface area contributed by atoms with Crippen molar-refractivity contribution in [2.24, 2.45) is 0 Å². The number of para-hydroxylation sites is 1. The Bertz CT molecular complexity index is 1520. The number of carbonyl (C=O) groups is 1. The molecule has 12 nitrogen and oxygen atoms in total. The molecule has 0 bridgehead atoms. The van der Waals surface area contributed by atoms with Crippen LogP contribution in [0.4, 0.5) is 0 Å². The molecule has 0 aliphatic rings. The lowest BCUT2D eigenvalue weighted by molar-refractivity contribution is -0.774. The van der Waals surface area contributed by atoms with E-state index in [2.05, 4.69) is 30.3 Å². The van der Waals surface area contributed by atoms with Crippen molar-refractivity contribution in [2.75, 3.05) is 41.5 Å². The van der Waals surface area contributed by atoms with E-state index in [4.69, 9.17) is 23.8 Å². The van der Waals surface area contributed by atoms with Crippen molar-refractivity contribution in [3.63, 3.8) is 0 Å². The molecule has 2 aromatic rings. The fourth-order valence-corrected chi connectivity index (χ4v) is 7.82. The molecule has 1 N–H and O–H groups in total. The van der Waals surface area contributed by atoms with Crippen molar-refractivity contribution in [1.29, 1.82) is 5.26 Å². The Kier molecular flexibility index (Phi) is 20.3. The van der Waals surface area contributed by atoms with Gasteiger partial charge in [0.05, 0.1) is 38.4 Å². The summed E-state index contributed by atoms with van der Waals surface area (Å²) in [5.74, 6) is 1.85. The van der Waals surface area contributed by atoms with Crippen molar-refractivity contribution < 1.29 is 33.7 Å². The maximum Gasteiger partial charge on any atom is 0.295 e. The zero-order chi connectivity index (χ0) is 41.8. The van der Waals surface area contributed by atoms with Crippen molar-refractivity contribution in [3.05, 3.63) is 57.6 Å². The molecule has 2 rings (SSSR count). The summed E-state index contributed by atoms with van der Waals surface area (Å²) in [5.41, 5.74) is -1.21. The first kappa shape index (κ1) is 47.9. The zero-order valence-electron chi connectivity index (χ0n) is 36.0. The van der Waals surface area contributed by atoms with E-state index in [0.29, 0.717) is 35.8 Å². The summed E-state index contributed by atoms with van der Waals surface area (Å²) in [4.78, 5) is 30.9. The molecule has 314 valence electrons. The van der Waals surface area contributed by atoms with E-state index in [-0.39, 0.29) is 5.91 Å². The van der Waals surface area contributed by atoms with Gasteiger partial charge in [0.1, 0.15) is 11.4 Å². The Morgan fingerprint density at radius 3 is 1.93 bits per heavy atom. The highest BCUT2D eigenvalue weighted by Gasteiger charge is 2.46. The van der Waals surface area contributed by atoms with Gasteiger partial charge in [-0.3, -0.25) is 4.79 Å². The normalized spacial score (nSPS) is 13.3. The second-order valence-electron chi connectivity index (χ2n) is 16.1. The maximum absolute atomic E-state index is 11.9. The SMILES string of the molecule is CCCCCCCCCCCCC(C#N)(CCCN(C)CCc1ccccc1OC(C)(C)C(O[N+](=O)[O-])C(C)(C)NC(C)=O)c1cc(OC)c(OC)c(OC)c1. The zero-order valence-corrected chi connectivity index (χ0v) is 36.0. The van der Waals surface area contributed by atoms with Gasteiger partial charge in [0.2, 0.25) is 11.7 Å². The van der Waals surface area contributed by atoms with Gasteiger partial charge in [0.25, 0.3) is 5.09 Å². The van der Waals surface area contributed by atoms with E-state index in [1.807, 2.05) is 36.4 Å². The molecule has 0 heterocycles. The van der Waals surface area contributed by atoms with E-state index in [0.717, 1.165) is 49.9 Å². The predicted octanol–water partition coefficient (Wildman–Crippen LogP) is 9.39. The van der Waals surface area contributed by atoms with Gasteiger partial charge < -0.3 is 34.0 Å². The molecule has 56 heavy (non-hydrogen) atoms. The maximum atomic E-state index is 11.9. The third-order valence-electron chi connectivity index (χ3n) is 10.6. The number of carbonyl (C=O) groups excluding carboxylic acids is 1. The second-order valence-corrected chi connectivity index (χ2v) is 16.1.